The summed E-state index contributed by atoms with van der Waals surface area (Å²) in [4.78, 5) is 6.96. The number of nitrogens with zero attached hydrogens (tertiary/aromatic N) is 2. The topological polar surface area (TPSA) is 37.4 Å². The summed E-state index contributed by atoms with van der Waals surface area (Å²) < 4.78 is 5.53. The summed E-state index contributed by atoms with van der Waals surface area (Å²) in [5.41, 5.74) is 1.12. The van der Waals surface area contributed by atoms with Gasteiger partial charge < -0.3 is 15.0 Å². The molecule has 0 amide bonds. The van der Waals surface area contributed by atoms with Crippen LogP contribution in [-0.4, -0.2) is 43.2 Å². The minimum Gasteiger partial charge on any atom is -0.381 e. The van der Waals surface area contributed by atoms with E-state index in [0.29, 0.717) is 5.92 Å². The van der Waals surface area contributed by atoms with Gasteiger partial charge >= 0.3 is 0 Å². The lowest BCUT2D eigenvalue weighted by atomic mass is 10.0. The molecule has 1 aliphatic rings. The zero-order valence-corrected chi connectivity index (χ0v) is 12.1. The highest BCUT2D eigenvalue weighted by Gasteiger charge is 2.16. The van der Waals surface area contributed by atoms with Crippen molar-refractivity contribution in [2.24, 2.45) is 5.92 Å². The zero-order chi connectivity index (χ0) is 13.5. The molecule has 1 atom stereocenters. The van der Waals surface area contributed by atoms with Crippen LogP contribution in [-0.2, 0) is 11.3 Å². The lowest BCUT2D eigenvalue weighted by molar-refractivity contribution is 0.0410. The molecule has 1 aromatic heterocycles. The van der Waals surface area contributed by atoms with Crippen LogP contribution in [0.5, 0.6) is 0 Å². The molecule has 1 aliphatic heterocycles. The molecule has 1 unspecified atom stereocenters. The van der Waals surface area contributed by atoms with Crippen molar-refractivity contribution in [3.63, 3.8) is 0 Å². The number of aromatic nitrogens is 1. The van der Waals surface area contributed by atoms with E-state index in [9.17, 15) is 0 Å². The molecule has 0 aliphatic carbocycles. The van der Waals surface area contributed by atoms with Crippen LogP contribution >= 0.6 is 0 Å². The van der Waals surface area contributed by atoms with Crippen LogP contribution in [0.1, 0.15) is 25.5 Å². The van der Waals surface area contributed by atoms with Gasteiger partial charge in [-0.05, 0) is 44.9 Å². The highest BCUT2D eigenvalue weighted by Crippen LogP contribution is 2.15. The van der Waals surface area contributed by atoms with Gasteiger partial charge in [-0.25, -0.2) is 4.98 Å². The van der Waals surface area contributed by atoms with Crippen LogP contribution in [0, 0.1) is 5.92 Å². The van der Waals surface area contributed by atoms with Crippen LogP contribution in [0.4, 0.5) is 5.82 Å². The number of nitrogens with one attached hydrogen (secondary N) is 1. The molecular formula is C15H25N3O. The second-order valence-corrected chi connectivity index (χ2v) is 5.32. The Morgan fingerprint density at radius 3 is 3.11 bits per heavy atom. The molecule has 2 heterocycles. The third-order valence-electron chi connectivity index (χ3n) is 3.42. The summed E-state index contributed by atoms with van der Waals surface area (Å²) in [5, 5.41) is 3.25. The zero-order valence-electron chi connectivity index (χ0n) is 12.1. The van der Waals surface area contributed by atoms with E-state index in [1.54, 1.807) is 0 Å². The van der Waals surface area contributed by atoms with Gasteiger partial charge in [-0.3, -0.25) is 0 Å². The van der Waals surface area contributed by atoms with Crippen molar-refractivity contribution in [1.82, 2.24) is 9.88 Å². The summed E-state index contributed by atoms with van der Waals surface area (Å²) in [6, 6.07) is 6.18. The fourth-order valence-electron chi connectivity index (χ4n) is 2.58. The fourth-order valence-corrected chi connectivity index (χ4v) is 2.58. The molecule has 0 bridgehead atoms. The Bertz CT molecular complexity index is 377. The molecule has 1 aromatic rings. The highest BCUT2D eigenvalue weighted by atomic mass is 16.5. The first-order valence-electron chi connectivity index (χ1n) is 7.24. The second kappa shape index (κ2) is 7.46. The molecule has 4 nitrogen and oxygen atoms in total. The Labute approximate surface area is 116 Å². The molecule has 1 N–H and O–H groups in total. The molecule has 0 radical (unpaired) electrons. The van der Waals surface area contributed by atoms with Crippen molar-refractivity contribution >= 4 is 5.82 Å². The van der Waals surface area contributed by atoms with Gasteiger partial charge in [-0.15, -0.1) is 0 Å². The summed E-state index contributed by atoms with van der Waals surface area (Å²) in [6.07, 6.45) is 2.49. The van der Waals surface area contributed by atoms with E-state index < -0.39 is 0 Å². The van der Waals surface area contributed by atoms with Gasteiger partial charge in [0, 0.05) is 26.2 Å². The predicted octanol–water partition coefficient (Wildman–Crippen LogP) is 2.37. The monoisotopic (exact) mass is 263 g/mol. The number of ether oxygens (including phenoxy) is 1. The molecule has 106 valence electrons. The summed E-state index contributed by atoms with van der Waals surface area (Å²) >= 11 is 0. The van der Waals surface area contributed by atoms with Crippen molar-refractivity contribution in [3.05, 3.63) is 23.9 Å². The van der Waals surface area contributed by atoms with E-state index in [-0.39, 0.29) is 0 Å². The number of hydrogen-bond donors (Lipinski definition) is 1. The normalized spacial score (nSPS) is 19.6. The quantitative estimate of drug-likeness (QED) is 0.855. The minimum atomic E-state index is 0.677. The summed E-state index contributed by atoms with van der Waals surface area (Å²) in [7, 11) is 2.16. The van der Waals surface area contributed by atoms with Crippen LogP contribution in [0.25, 0.3) is 0 Å². The Balaban J connectivity index is 1.83. The van der Waals surface area contributed by atoms with E-state index >= 15 is 0 Å². The first-order valence-corrected chi connectivity index (χ1v) is 7.24. The fraction of sp³-hybridized carbons (Fsp3) is 0.667. The van der Waals surface area contributed by atoms with Crippen molar-refractivity contribution in [2.75, 3.05) is 38.7 Å². The summed E-state index contributed by atoms with van der Waals surface area (Å²) in [6.45, 7) is 6.83. The summed E-state index contributed by atoms with van der Waals surface area (Å²) in [5.74, 6) is 1.64. The lowest BCUT2D eigenvalue weighted by Gasteiger charge is -2.26. The third-order valence-corrected chi connectivity index (χ3v) is 3.42. The molecular weight excluding hydrogens is 238 g/mol. The van der Waals surface area contributed by atoms with Crippen molar-refractivity contribution in [3.8, 4) is 0 Å². The van der Waals surface area contributed by atoms with Gasteiger partial charge in [0.1, 0.15) is 5.82 Å². The molecule has 0 spiro atoms. The average Bonchev–Trinajstić information content (AvgIpc) is 2.40. The largest absolute Gasteiger partial charge is 0.381 e. The van der Waals surface area contributed by atoms with Gasteiger partial charge in [-0.1, -0.05) is 6.07 Å². The number of pyridine rings is 1. The Morgan fingerprint density at radius 1 is 1.47 bits per heavy atom. The van der Waals surface area contributed by atoms with Crippen molar-refractivity contribution < 1.29 is 4.74 Å². The van der Waals surface area contributed by atoms with Crippen molar-refractivity contribution in [1.29, 1.82) is 0 Å². The smallest absolute Gasteiger partial charge is 0.126 e. The number of hydrogen-bond acceptors (Lipinski definition) is 4. The van der Waals surface area contributed by atoms with Crippen LogP contribution in [0.2, 0.25) is 0 Å². The van der Waals surface area contributed by atoms with Gasteiger partial charge in [0.15, 0.2) is 0 Å². The molecule has 19 heavy (non-hydrogen) atoms. The first kappa shape index (κ1) is 14.3. The van der Waals surface area contributed by atoms with E-state index in [1.165, 1.54) is 12.8 Å². The average molecular weight is 263 g/mol. The maximum atomic E-state index is 5.53. The van der Waals surface area contributed by atoms with E-state index in [2.05, 4.69) is 41.3 Å². The maximum Gasteiger partial charge on any atom is 0.126 e. The standard InChI is InChI=1S/C15H25N3O/c1-3-16-15-8-4-7-14(17-15)11-18(2)10-13-6-5-9-19-12-13/h4,7-8,13H,3,5-6,9-12H2,1-2H3,(H,16,17). The molecule has 4 heteroatoms. The van der Waals surface area contributed by atoms with Gasteiger partial charge in [0.25, 0.3) is 0 Å². The predicted molar refractivity (Wildman–Crippen MR) is 78.3 cm³/mol. The van der Waals surface area contributed by atoms with E-state index in [1.807, 2.05) is 6.07 Å². The number of rotatable bonds is 6. The first-order chi connectivity index (χ1) is 9.28. The van der Waals surface area contributed by atoms with Crippen molar-refractivity contribution in [2.45, 2.75) is 26.3 Å². The molecule has 1 fully saturated rings. The molecule has 0 aromatic carbocycles. The van der Waals surface area contributed by atoms with Gasteiger partial charge in [0.2, 0.25) is 0 Å². The van der Waals surface area contributed by atoms with Gasteiger partial charge in [-0.2, -0.15) is 0 Å². The second-order valence-electron chi connectivity index (χ2n) is 5.32. The van der Waals surface area contributed by atoms with E-state index in [0.717, 1.165) is 44.4 Å². The lowest BCUT2D eigenvalue weighted by Crippen LogP contribution is -2.30. The minimum absolute atomic E-state index is 0.677. The number of anilines is 1. The molecule has 2 rings (SSSR count). The van der Waals surface area contributed by atoms with E-state index in [4.69, 9.17) is 4.74 Å². The maximum absolute atomic E-state index is 5.53. The Morgan fingerprint density at radius 2 is 2.37 bits per heavy atom. The highest BCUT2D eigenvalue weighted by molar-refractivity contribution is 5.34. The van der Waals surface area contributed by atoms with Gasteiger partial charge in [0.05, 0.1) is 12.3 Å². The van der Waals surface area contributed by atoms with Crippen LogP contribution in [0.3, 0.4) is 0 Å². The third kappa shape index (κ3) is 4.80. The van der Waals surface area contributed by atoms with Crippen LogP contribution in [0.15, 0.2) is 18.2 Å². The molecule has 0 saturated carbocycles. The SMILES string of the molecule is CCNc1cccc(CN(C)CC2CCCOC2)n1. The Hall–Kier alpha value is -1.13. The molecule has 1 saturated heterocycles. The van der Waals surface area contributed by atoms with Crippen LogP contribution < -0.4 is 5.32 Å². The Kier molecular flexibility index (Phi) is 5.61.